The molecule has 5 nitrogen and oxygen atoms in total. The lowest BCUT2D eigenvalue weighted by Crippen LogP contribution is -2.38. The van der Waals surface area contributed by atoms with Crippen LogP contribution in [0.25, 0.3) is 0 Å². The van der Waals surface area contributed by atoms with Gasteiger partial charge >= 0.3 is 0 Å². The van der Waals surface area contributed by atoms with Crippen LogP contribution in [0.15, 0.2) is 48.5 Å². The van der Waals surface area contributed by atoms with Gasteiger partial charge in [0, 0.05) is 16.6 Å². The number of rotatable bonds is 6. The summed E-state index contributed by atoms with van der Waals surface area (Å²) in [5.41, 5.74) is 1.91. The molecule has 2 aliphatic rings. The fourth-order valence-electron chi connectivity index (χ4n) is 4.61. The fraction of sp³-hybridized carbons (Fsp3) is 0.409. The van der Waals surface area contributed by atoms with Gasteiger partial charge in [0.15, 0.2) is 0 Å². The van der Waals surface area contributed by atoms with Crippen molar-refractivity contribution in [3.8, 4) is 0 Å². The third-order valence-electron chi connectivity index (χ3n) is 6.11. The minimum atomic E-state index is -3.48. The van der Waals surface area contributed by atoms with E-state index in [0.29, 0.717) is 22.2 Å². The summed E-state index contributed by atoms with van der Waals surface area (Å²) in [6.07, 6.45) is 6.00. The molecule has 2 bridgehead atoms. The number of halogens is 1. The van der Waals surface area contributed by atoms with E-state index >= 15 is 0 Å². The van der Waals surface area contributed by atoms with Crippen molar-refractivity contribution in [1.29, 1.82) is 0 Å². The van der Waals surface area contributed by atoms with Gasteiger partial charge in [-0.15, -0.1) is 0 Å². The molecule has 3 atom stereocenters. The van der Waals surface area contributed by atoms with Crippen LogP contribution in [0.2, 0.25) is 5.02 Å². The first kappa shape index (κ1) is 20.2. The van der Waals surface area contributed by atoms with Crippen molar-refractivity contribution in [2.45, 2.75) is 38.3 Å². The van der Waals surface area contributed by atoms with E-state index in [1.807, 2.05) is 0 Å². The lowest BCUT2D eigenvalue weighted by atomic mass is 9.95. The fourth-order valence-corrected chi connectivity index (χ4v) is 5.62. The molecule has 1 N–H and O–H groups in total. The number of benzene rings is 2. The first-order chi connectivity index (χ1) is 13.8. The molecule has 29 heavy (non-hydrogen) atoms. The summed E-state index contributed by atoms with van der Waals surface area (Å²) in [5, 5.41) is 3.77. The van der Waals surface area contributed by atoms with Gasteiger partial charge in [0.1, 0.15) is 0 Å². The van der Waals surface area contributed by atoms with Crippen molar-refractivity contribution in [2.24, 2.45) is 11.8 Å². The number of nitrogens with one attached hydrogen (secondary N) is 1. The highest BCUT2D eigenvalue weighted by Gasteiger charge is 2.40. The minimum Gasteiger partial charge on any atom is -0.349 e. The van der Waals surface area contributed by atoms with Gasteiger partial charge in [0.25, 0.3) is 5.91 Å². The van der Waals surface area contributed by atoms with Crippen LogP contribution >= 0.6 is 11.6 Å². The molecule has 0 heterocycles. The van der Waals surface area contributed by atoms with Crippen molar-refractivity contribution in [1.82, 2.24) is 5.32 Å². The quantitative estimate of drug-likeness (QED) is 0.742. The molecule has 0 saturated heterocycles. The molecule has 0 spiro atoms. The van der Waals surface area contributed by atoms with Crippen molar-refractivity contribution >= 4 is 33.2 Å². The van der Waals surface area contributed by atoms with Crippen molar-refractivity contribution in [2.75, 3.05) is 10.6 Å². The van der Waals surface area contributed by atoms with Crippen molar-refractivity contribution in [3.63, 3.8) is 0 Å². The topological polar surface area (TPSA) is 66.5 Å². The SMILES string of the molecule is CS(=O)(=O)N(Cc1ccc(Cl)cc1)c1ccc(C(=O)N[C@H]2C[C@@H]3CC[C@H]2C3)cc1. The first-order valence-corrected chi connectivity index (χ1v) is 12.2. The minimum absolute atomic E-state index is 0.0855. The molecule has 0 unspecified atom stereocenters. The summed E-state index contributed by atoms with van der Waals surface area (Å²) < 4.78 is 26.0. The molecular weight excluding hydrogens is 408 g/mol. The van der Waals surface area contributed by atoms with Gasteiger partial charge in [0.2, 0.25) is 10.0 Å². The molecule has 2 aliphatic carbocycles. The summed E-state index contributed by atoms with van der Waals surface area (Å²) >= 11 is 5.91. The van der Waals surface area contributed by atoms with Gasteiger partial charge in [-0.05, 0) is 73.1 Å². The van der Waals surface area contributed by atoms with Gasteiger partial charge in [0.05, 0.1) is 18.5 Å². The second-order valence-electron chi connectivity index (χ2n) is 8.20. The summed E-state index contributed by atoms with van der Waals surface area (Å²) in [7, 11) is -3.48. The maximum absolute atomic E-state index is 12.6. The van der Waals surface area contributed by atoms with Crippen molar-refractivity contribution < 1.29 is 13.2 Å². The van der Waals surface area contributed by atoms with E-state index in [4.69, 9.17) is 11.6 Å². The zero-order valence-electron chi connectivity index (χ0n) is 16.3. The van der Waals surface area contributed by atoms with E-state index in [2.05, 4.69) is 5.32 Å². The highest BCUT2D eigenvalue weighted by atomic mass is 35.5. The number of fused-ring (bicyclic) bond motifs is 2. The van der Waals surface area contributed by atoms with Gasteiger partial charge in [-0.2, -0.15) is 0 Å². The molecule has 2 fully saturated rings. The zero-order valence-corrected chi connectivity index (χ0v) is 17.9. The molecular formula is C22H25ClN2O3S. The third-order valence-corrected chi connectivity index (χ3v) is 7.50. The van der Waals surface area contributed by atoms with Gasteiger partial charge in [-0.3, -0.25) is 9.10 Å². The number of carbonyl (C=O) groups is 1. The number of sulfonamides is 1. The third kappa shape index (κ3) is 4.59. The molecule has 2 aromatic carbocycles. The summed E-state index contributed by atoms with van der Waals surface area (Å²) in [6.45, 7) is 0.201. The van der Waals surface area contributed by atoms with Crippen LogP contribution in [0.4, 0.5) is 5.69 Å². The second-order valence-corrected chi connectivity index (χ2v) is 10.5. The average molecular weight is 433 g/mol. The van der Waals surface area contributed by atoms with Crippen LogP contribution in [0.3, 0.4) is 0 Å². The highest BCUT2D eigenvalue weighted by Crippen LogP contribution is 2.44. The predicted molar refractivity (Wildman–Crippen MR) is 116 cm³/mol. The Bertz CT molecular complexity index is 990. The highest BCUT2D eigenvalue weighted by molar-refractivity contribution is 7.92. The van der Waals surface area contributed by atoms with E-state index in [9.17, 15) is 13.2 Å². The predicted octanol–water partition coefficient (Wildman–Crippen LogP) is 4.22. The molecule has 4 rings (SSSR count). The Hall–Kier alpha value is -2.05. The average Bonchev–Trinajstić information content (AvgIpc) is 3.30. The number of carbonyl (C=O) groups excluding carboxylic acids is 1. The zero-order chi connectivity index (χ0) is 20.6. The molecule has 7 heteroatoms. The smallest absolute Gasteiger partial charge is 0.251 e. The van der Waals surface area contributed by atoms with Crippen LogP contribution in [-0.4, -0.2) is 26.6 Å². The Morgan fingerprint density at radius 3 is 2.31 bits per heavy atom. The van der Waals surface area contributed by atoms with Gasteiger partial charge < -0.3 is 5.32 Å². The number of hydrogen-bond donors (Lipinski definition) is 1. The Balaban J connectivity index is 1.48. The molecule has 0 radical (unpaired) electrons. The lowest BCUT2D eigenvalue weighted by molar-refractivity contribution is 0.0923. The largest absolute Gasteiger partial charge is 0.349 e. The van der Waals surface area contributed by atoms with Gasteiger partial charge in [-0.1, -0.05) is 30.2 Å². The summed E-state index contributed by atoms with van der Waals surface area (Å²) in [6, 6.07) is 14.1. The first-order valence-electron chi connectivity index (χ1n) is 9.92. The Kier molecular flexibility index (Phi) is 5.58. The van der Waals surface area contributed by atoms with E-state index < -0.39 is 10.0 Å². The Morgan fingerprint density at radius 1 is 1.07 bits per heavy atom. The maximum atomic E-state index is 12.6. The van der Waals surface area contributed by atoms with Crippen LogP contribution in [0.1, 0.15) is 41.6 Å². The molecule has 154 valence electrons. The van der Waals surface area contributed by atoms with Gasteiger partial charge in [-0.25, -0.2) is 8.42 Å². The monoisotopic (exact) mass is 432 g/mol. The number of anilines is 1. The normalized spacial score (nSPS) is 23.2. The van der Waals surface area contributed by atoms with Crippen LogP contribution in [0, 0.1) is 11.8 Å². The van der Waals surface area contributed by atoms with Crippen molar-refractivity contribution in [3.05, 3.63) is 64.7 Å². The van der Waals surface area contributed by atoms with Crippen LogP contribution < -0.4 is 9.62 Å². The molecule has 1 amide bonds. The van der Waals surface area contributed by atoms with Crippen LogP contribution in [-0.2, 0) is 16.6 Å². The number of nitrogens with zero attached hydrogens (tertiary/aromatic N) is 1. The number of amides is 1. The summed E-state index contributed by atoms with van der Waals surface area (Å²) in [4.78, 5) is 12.6. The molecule has 2 saturated carbocycles. The standard InChI is InChI=1S/C22H25ClN2O3S/c1-29(27,28)25(14-15-3-8-19(23)9-4-15)20-10-6-17(7-11-20)22(26)24-21-13-16-2-5-18(21)12-16/h3-4,6-11,16,18,21H,2,5,12-14H2,1H3,(H,24,26)/t16-,18+,21+/m1/s1. The lowest BCUT2D eigenvalue weighted by Gasteiger charge is -2.24. The number of hydrogen-bond acceptors (Lipinski definition) is 3. The Morgan fingerprint density at radius 2 is 1.76 bits per heavy atom. The van der Waals surface area contributed by atoms with E-state index in [1.54, 1.807) is 48.5 Å². The van der Waals surface area contributed by atoms with Crippen LogP contribution in [0.5, 0.6) is 0 Å². The van der Waals surface area contributed by atoms with E-state index in [0.717, 1.165) is 17.9 Å². The summed E-state index contributed by atoms with van der Waals surface area (Å²) in [5.74, 6) is 1.30. The molecule has 0 aliphatic heterocycles. The molecule has 2 aromatic rings. The van der Waals surface area contributed by atoms with E-state index in [-0.39, 0.29) is 18.5 Å². The van der Waals surface area contributed by atoms with E-state index in [1.165, 1.54) is 29.8 Å². The second kappa shape index (κ2) is 8.00. The molecule has 0 aromatic heterocycles. The maximum Gasteiger partial charge on any atom is 0.251 e. The Labute approximate surface area is 177 Å².